The third kappa shape index (κ3) is 5.82. The fourth-order valence-electron chi connectivity index (χ4n) is 0.764. The van der Waals surface area contributed by atoms with Crippen molar-refractivity contribution in [1.29, 1.82) is 0 Å². The van der Waals surface area contributed by atoms with E-state index in [1.54, 1.807) is 7.05 Å². The molecule has 3 N–H and O–H groups in total. The Balaban J connectivity index is 3.35. The highest BCUT2D eigenvalue weighted by molar-refractivity contribution is 5.77. The molecule has 4 nitrogen and oxygen atoms in total. The van der Waals surface area contributed by atoms with Gasteiger partial charge >= 0.3 is 0 Å². The number of nitrogens with two attached hydrogens (primary N) is 1. The van der Waals surface area contributed by atoms with Crippen LogP contribution in [0.5, 0.6) is 0 Å². The minimum absolute atomic E-state index is 0.0459. The third-order valence-electron chi connectivity index (χ3n) is 1.44. The van der Waals surface area contributed by atoms with E-state index in [1.807, 2.05) is 11.9 Å². The molecule has 0 aliphatic rings. The number of nitrogens with one attached hydrogen (secondary N) is 1. The van der Waals surface area contributed by atoms with E-state index in [4.69, 9.17) is 5.73 Å². The Morgan fingerprint density at radius 3 is 2.73 bits per heavy atom. The Morgan fingerprint density at radius 1 is 1.64 bits per heavy atom. The van der Waals surface area contributed by atoms with E-state index in [2.05, 4.69) is 5.32 Å². The summed E-state index contributed by atoms with van der Waals surface area (Å²) < 4.78 is 0. The Hall–Kier alpha value is -0.610. The van der Waals surface area contributed by atoms with E-state index >= 15 is 0 Å². The lowest BCUT2D eigenvalue weighted by atomic mass is 10.4. The summed E-state index contributed by atoms with van der Waals surface area (Å²) in [5, 5.41) is 2.56. The minimum Gasteiger partial charge on any atom is -0.358 e. The number of carbonyl (C=O) groups is 1. The zero-order chi connectivity index (χ0) is 8.69. The summed E-state index contributed by atoms with van der Waals surface area (Å²) >= 11 is 0. The van der Waals surface area contributed by atoms with E-state index in [1.165, 1.54) is 0 Å². The number of hydrogen-bond donors (Lipinski definition) is 2. The smallest absolute Gasteiger partial charge is 0.233 e. The van der Waals surface area contributed by atoms with Crippen LogP contribution in [0, 0.1) is 0 Å². The first-order valence-electron chi connectivity index (χ1n) is 3.80. The molecule has 0 bridgehead atoms. The third-order valence-corrected chi connectivity index (χ3v) is 1.44. The van der Waals surface area contributed by atoms with Crippen LogP contribution in [0.1, 0.15) is 6.42 Å². The van der Waals surface area contributed by atoms with E-state index in [0.29, 0.717) is 13.1 Å². The highest BCUT2D eigenvalue weighted by Gasteiger charge is 2.02. The number of nitrogens with zero attached hydrogens (tertiary/aromatic N) is 1. The summed E-state index contributed by atoms with van der Waals surface area (Å²) in [6.45, 7) is 2.01. The molecule has 0 aromatic heterocycles. The molecule has 66 valence electrons. The number of hydrogen-bond acceptors (Lipinski definition) is 3. The largest absolute Gasteiger partial charge is 0.358 e. The zero-order valence-corrected chi connectivity index (χ0v) is 7.26. The van der Waals surface area contributed by atoms with Gasteiger partial charge in [0.05, 0.1) is 6.54 Å². The Kier molecular flexibility index (Phi) is 5.78. The van der Waals surface area contributed by atoms with Crippen molar-refractivity contribution in [3.63, 3.8) is 0 Å². The van der Waals surface area contributed by atoms with E-state index in [-0.39, 0.29) is 5.91 Å². The van der Waals surface area contributed by atoms with Gasteiger partial charge in [-0.15, -0.1) is 0 Å². The molecule has 1 amide bonds. The lowest BCUT2D eigenvalue weighted by Crippen LogP contribution is -2.34. The number of amides is 1. The van der Waals surface area contributed by atoms with Crippen LogP contribution in [0.2, 0.25) is 0 Å². The first-order chi connectivity index (χ1) is 5.20. The van der Waals surface area contributed by atoms with Crippen LogP contribution in [-0.2, 0) is 4.79 Å². The molecule has 0 atom stereocenters. The molecule has 0 unspecified atom stereocenters. The average molecular weight is 159 g/mol. The van der Waals surface area contributed by atoms with Gasteiger partial charge in [-0.2, -0.15) is 0 Å². The number of carbonyl (C=O) groups excluding carboxylic acids is 1. The monoisotopic (exact) mass is 159 g/mol. The molecule has 0 aromatic carbocycles. The second-order valence-electron chi connectivity index (χ2n) is 2.55. The van der Waals surface area contributed by atoms with Gasteiger partial charge in [0, 0.05) is 7.05 Å². The van der Waals surface area contributed by atoms with Gasteiger partial charge < -0.3 is 11.1 Å². The SMILES string of the molecule is CNC(=O)CN(C)CCCN. The number of rotatable bonds is 5. The molecule has 0 heterocycles. The predicted molar refractivity (Wildman–Crippen MR) is 45.2 cm³/mol. The van der Waals surface area contributed by atoms with Crippen molar-refractivity contribution in [2.45, 2.75) is 6.42 Å². The molecule has 0 radical (unpaired) electrons. The Labute approximate surface area is 67.7 Å². The average Bonchev–Trinajstić information content (AvgIpc) is 2.00. The lowest BCUT2D eigenvalue weighted by Gasteiger charge is -2.14. The van der Waals surface area contributed by atoms with Gasteiger partial charge in [-0.25, -0.2) is 0 Å². The number of likely N-dealkylation sites (N-methyl/N-ethyl adjacent to an activating group) is 2. The molecule has 0 aliphatic carbocycles. The van der Waals surface area contributed by atoms with Crippen LogP contribution in [0.25, 0.3) is 0 Å². The van der Waals surface area contributed by atoms with Crippen molar-refractivity contribution in [2.24, 2.45) is 5.73 Å². The van der Waals surface area contributed by atoms with Crippen LogP contribution in [0.3, 0.4) is 0 Å². The summed E-state index contributed by atoms with van der Waals surface area (Å²) in [6, 6.07) is 0. The van der Waals surface area contributed by atoms with Gasteiger partial charge in [-0.3, -0.25) is 9.69 Å². The summed E-state index contributed by atoms with van der Waals surface area (Å²) in [6.07, 6.45) is 0.938. The van der Waals surface area contributed by atoms with E-state index in [0.717, 1.165) is 13.0 Å². The molecule has 4 heteroatoms. The van der Waals surface area contributed by atoms with Crippen molar-refractivity contribution < 1.29 is 4.79 Å². The van der Waals surface area contributed by atoms with Crippen LogP contribution in [-0.4, -0.2) is 44.5 Å². The molecular weight excluding hydrogens is 142 g/mol. The maximum atomic E-state index is 10.8. The first-order valence-corrected chi connectivity index (χ1v) is 3.80. The van der Waals surface area contributed by atoms with Crippen molar-refractivity contribution in [2.75, 3.05) is 33.7 Å². The Morgan fingerprint density at radius 2 is 2.27 bits per heavy atom. The zero-order valence-electron chi connectivity index (χ0n) is 7.26. The summed E-state index contributed by atoms with van der Waals surface area (Å²) in [5.74, 6) is 0.0459. The molecule has 0 saturated heterocycles. The molecule has 0 rings (SSSR count). The predicted octanol–water partition coefficient (Wildman–Crippen LogP) is -0.987. The molecule has 0 aliphatic heterocycles. The first kappa shape index (κ1) is 10.4. The van der Waals surface area contributed by atoms with Crippen LogP contribution < -0.4 is 11.1 Å². The topological polar surface area (TPSA) is 58.4 Å². The van der Waals surface area contributed by atoms with Crippen molar-refractivity contribution in [1.82, 2.24) is 10.2 Å². The molecule has 0 aromatic rings. The summed E-state index contributed by atoms with van der Waals surface area (Å²) in [7, 11) is 3.55. The summed E-state index contributed by atoms with van der Waals surface area (Å²) in [4.78, 5) is 12.8. The highest BCUT2D eigenvalue weighted by atomic mass is 16.1. The second-order valence-corrected chi connectivity index (χ2v) is 2.55. The normalized spacial score (nSPS) is 10.2. The molecule has 11 heavy (non-hydrogen) atoms. The fourth-order valence-corrected chi connectivity index (χ4v) is 0.764. The molecule has 0 saturated carbocycles. The summed E-state index contributed by atoms with van der Waals surface area (Å²) in [5.41, 5.74) is 5.31. The van der Waals surface area contributed by atoms with Gasteiger partial charge in [0.25, 0.3) is 0 Å². The van der Waals surface area contributed by atoms with E-state index < -0.39 is 0 Å². The highest BCUT2D eigenvalue weighted by Crippen LogP contribution is 1.84. The maximum Gasteiger partial charge on any atom is 0.233 e. The van der Waals surface area contributed by atoms with Crippen LogP contribution in [0.15, 0.2) is 0 Å². The van der Waals surface area contributed by atoms with Crippen molar-refractivity contribution >= 4 is 5.91 Å². The lowest BCUT2D eigenvalue weighted by molar-refractivity contribution is -0.121. The van der Waals surface area contributed by atoms with Gasteiger partial charge in [-0.1, -0.05) is 0 Å². The minimum atomic E-state index is 0.0459. The maximum absolute atomic E-state index is 10.8. The quantitative estimate of drug-likeness (QED) is 0.541. The van der Waals surface area contributed by atoms with Crippen molar-refractivity contribution in [3.8, 4) is 0 Å². The van der Waals surface area contributed by atoms with Crippen LogP contribution in [0.4, 0.5) is 0 Å². The van der Waals surface area contributed by atoms with Crippen molar-refractivity contribution in [3.05, 3.63) is 0 Å². The van der Waals surface area contributed by atoms with Gasteiger partial charge in [0.2, 0.25) is 5.91 Å². The van der Waals surface area contributed by atoms with Gasteiger partial charge in [0.1, 0.15) is 0 Å². The second kappa shape index (κ2) is 6.12. The molecule has 0 fully saturated rings. The van der Waals surface area contributed by atoms with Gasteiger partial charge in [-0.05, 0) is 26.6 Å². The Bertz CT molecular complexity index is 116. The van der Waals surface area contributed by atoms with Crippen LogP contribution >= 0.6 is 0 Å². The van der Waals surface area contributed by atoms with E-state index in [9.17, 15) is 4.79 Å². The van der Waals surface area contributed by atoms with Gasteiger partial charge in [0.15, 0.2) is 0 Å². The molecular formula is C7H17N3O. The molecule has 0 spiro atoms. The standard InChI is InChI=1S/C7H17N3O/c1-9-7(11)6-10(2)5-3-4-8/h3-6,8H2,1-2H3,(H,9,11). The fraction of sp³-hybridized carbons (Fsp3) is 0.857.